The zero-order valence-corrected chi connectivity index (χ0v) is 19.9. The van der Waals surface area contributed by atoms with Crippen LogP contribution in [-0.4, -0.2) is 58.5 Å². The van der Waals surface area contributed by atoms with E-state index in [1.807, 2.05) is 0 Å². The molecule has 0 fully saturated rings. The maximum absolute atomic E-state index is 12.9. The van der Waals surface area contributed by atoms with E-state index < -0.39 is 47.0 Å². The van der Waals surface area contributed by atoms with Gasteiger partial charge in [-0.3, -0.25) is 4.79 Å². The number of rotatable bonds is 6. The molecular weight excluding hydrogens is 394 g/mol. The van der Waals surface area contributed by atoms with Gasteiger partial charge in [-0.2, -0.15) is 4.90 Å². The number of ether oxygens (including phenoxy) is 4. The molecule has 0 saturated heterocycles. The molecular formula is C21H37NO8. The molecule has 2 amide bonds. The average Bonchev–Trinajstić information content (AvgIpc) is 2.45. The zero-order valence-electron chi connectivity index (χ0n) is 19.9. The summed E-state index contributed by atoms with van der Waals surface area (Å²) >= 11 is 0. The van der Waals surface area contributed by atoms with E-state index >= 15 is 0 Å². The van der Waals surface area contributed by atoms with Crippen molar-refractivity contribution >= 4 is 24.1 Å². The Kier molecular flexibility index (Phi) is 9.81. The van der Waals surface area contributed by atoms with Gasteiger partial charge in [-0.15, -0.1) is 0 Å². The van der Waals surface area contributed by atoms with Crippen molar-refractivity contribution in [2.45, 2.75) is 105 Å². The van der Waals surface area contributed by atoms with Crippen LogP contribution in [0.1, 0.15) is 82.1 Å². The van der Waals surface area contributed by atoms with Crippen LogP contribution in [-0.2, 0) is 28.5 Å². The maximum atomic E-state index is 12.9. The van der Waals surface area contributed by atoms with Crippen LogP contribution in [0.4, 0.5) is 9.59 Å². The number of esters is 2. The minimum atomic E-state index is -1.43. The second-order valence-electron chi connectivity index (χ2n) is 9.72. The van der Waals surface area contributed by atoms with E-state index in [-0.39, 0.29) is 19.4 Å². The Morgan fingerprint density at radius 1 is 0.733 bits per heavy atom. The van der Waals surface area contributed by atoms with Gasteiger partial charge in [-0.05, 0) is 75.7 Å². The second-order valence-corrected chi connectivity index (χ2v) is 9.72. The minimum Gasteiger partial charge on any atom is -0.466 e. The molecule has 0 aliphatic heterocycles. The van der Waals surface area contributed by atoms with Gasteiger partial charge in [0.05, 0.1) is 6.61 Å². The van der Waals surface area contributed by atoms with Crippen LogP contribution in [0.15, 0.2) is 0 Å². The van der Waals surface area contributed by atoms with Crippen LogP contribution in [0, 0.1) is 0 Å². The van der Waals surface area contributed by atoms with Crippen LogP contribution in [0.2, 0.25) is 0 Å². The number of nitrogens with zero attached hydrogens (tertiary/aromatic N) is 1. The van der Waals surface area contributed by atoms with E-state index in [9.17, 15) is 19.2 Å². The number of amides is 2. The first-order valence-corrected chi connectivity index (χ1v) is 10.00. The summed E-state index contributed by atoms with van der Waals surface area (Å²) < 4.78 is 20.9. The molecule has 1 atom stereocenters. The van der Waals surface area contributed by atoms with Gasteiger partial charge in [0.15, 0.2) is 0 Å². The fraction of sp³-hybridized carbons (Fsp3) is 0.810. The zero-order chi connectivity index (χ0) is 23.9. The molecule has 0 radical (unpaired) electrons. The van der Waals surface area contributed by atoms with E-state index in [1.165, 1.54) is 0 Å². The normalized spacial score (nSPS) is 13.1. The molecule has 0 aliphatic rings. The monoisotopic (exact) mass is 431 g/mol. The summed E-state index contributed by atoms with van der Waals surface area (Å²) in [6.07, 6.45) is -2.56. The lowest BCUT2D eigenvalue weighted by Crippen LogP contribution is -2.53. The standard InChI is InChI=1S/C21H37NO8/c1-11-27-15(23)13-12-14(16(24)28-19(2,3)4)22(17(25)29-20(5,6)7)18(26)30-21(8,9)10/h14H,11-13H2,1-10H3. The molecule has 0 bridgehead atoms. The van der Waals surface area contributed by atoms with Crippen LogP contribution in [0.25, 0.3) is 0 Å². The largest absolute Gasteiger partial charge is 0.466 e. The van der Waals surface area contributed by atoms with Crippen LogP contribution in [0.3, 0.4) is 0 Å². The first kappa shape index (κ1) is 27.7. The Morgan fingerprint density at radius 3 is 1.47 bits per heavy atom. The Balaban J connectivity index is 6.05. The van der Waals surface area contributed by atoms with Gasteiger partial charge in [-0.25, -0.2) is 14.4 Å². The summed E-state index contributed by atoms with van der Waals surface area (Å²) in [6, 6.07) is -1.43. The topological polar surface area (TPSA) is 108 Å². The smallest absolute Gasteiger partial charge is 0.420 e. The summed E-state index contributed by atoms with van der Waals surface area (Å²) in [6.45, 7) is 16.5. The fourth-order valence-corrected chi connectivity index (χ4v) is 2.16. The summed E-state index contributed by atoms with van der Waals surface area (Å²) in [5.74, 6) is -1.43. The molecule has 0 saturated carbocycles. The van der Waals surface area contributed by atoms with E-state index in [4.69, 9.17) is 18.9 Å². The third kappa shape index (κ3) is 11.6. The van der Waals surface area contributed by atoms with Gasteiger partial charge < -0.3 is 18.9 Å². The van der Waals surface area contributed by atoms with Crippen LogP contribution >= 0.6 is 0 Å². The maximum Gasteiger partial charge on any atom is 0.420 e. The quantitative estimate of drug-likeness (QED) is 0.454. The molecule has 0 aromatic heterocycles. The summed E-state index contributed by atoms with van der Waals surface area (Å²) in [4.78, 5) is 51.0. The third-order valence-electron chi connectivity index (χ3n) is 3.10. The Morgan fingerprint density at radius 2 is 1.13 bits per heavy atom. The molecule has 9 nitrogen and oxygen atoms in total. The highest BCUT2D eigenvalue weighted by Gasteiger charge is 2.42. The lowest BCUT2D eigenvalue weighted by molar-refractivity contribution is -0.161. The molecule has 1 unspecified atom stereocenters. The minimum absolute atomic E-state index is 0.164. The Bertz CT molecular complexity index is 594. The van der Waals surface area contributed by atoms with E-state index in [0.29, 0.717) is 4.90 Å². The number of hydrogen-bond acceptors (Lipinski definition) is 8. The molecule has 0 heterocycles. The van der Waals surface area contributed by atoms with Gasteiger partial charge in [0.25, 0.3) is 0 Å². The molecule has 0 spiro atoms. The predicted molar refractivity (Wildman–Crippen MR) is 110 cm³/mol. The van der Waals surface area contributed by atoms with Crippen molar-refractivity contribution in [3.8, 4) is 0 Å². The number of carbonyl (C=O) groups excluding carboxylic acids is 4. The van der Waals surface area contributed by atoms with E-state index in [2.05, 4.69) is 0 Å². The van der Waals surface area contributed by atoms with Gasteiger partial charge >= 0.3 is 24.1 Å². The molecule has 0 aliphatic carbocycles. The van der Waals surface area contributed by atoms with Crippen molar-refractivity contribution in [1.82, 2.24) is 4.90 Å². The van der Waals surface area contributed by atoms with E-state index in [0.717, 1.165) is 0 Å². The molecule has 9 heteroatoms. The molecule has 174 valence electrons. The lowest BCUT2D eigenvalue weighted by atomic mass is 10.1. The molecule has 0 aromatic carbocycles. The van der Waals surface area contributed by atoms with Crippen LogP contribution < -0.4 is 0 Å². The Hall–Kier alpha value is -2.32. The number of imide groups is 1. The highest BCUT2D eigenvalue weighted by atomic mass is 16.6. The first-order chi connectivity index (χ1) is 13.4. The third-order valence-corrected chi connectivity index (χ3v) is 3.10. The second kappa shape index (κ2) is 10.6. The highest BCUT2D eigenvalue weighted by Crippen LogP contribution is 2.22. The van der Waals surface area contributed by atoms with Gasteiger partial charge in [-0.1, -0.05) is 0 Å². The molecule has 0 N–H and O–H groups in total. The van der Waals surface area contributed by atoms with Gasteiger partial charge in [0.1, 0.15) is 22.8 Å². The van der Waals surface area contributed by atoms with Gasteiger partial charge in [0.2, 0.25) is 0 Å². The number of hydrogen-bond donors (Lipinski definition) is 0. The van der Waals surface area contributed by atoms with Crippen molar-refractivity contribution in [3.63, 3.8) is 0 Å². The average molecular weight is 432 g/mol. The fourth-order valence-electron chi connectivity index (χ4n) is 2.16. The van der Waals surface area contributed by atoms with Crippen LogP contribution in [0.5, 0.6) is 0 Å². The molecule has 0 rings (SSSR count). The van der Waals surface area contributed by atoms with Gasteiger partial charge in [0, 0.05) is 6.42 Å². The van der Waals surface area contributed by atoms with Crippen molar-refractivity contribution in [1.29, 1.82) is 0 Å². The lowest BCUT2D eigenvalue weighted by Gasteiger charge is -2.33. The van der Waals surface area contributed by atoms with Crippen molar-refractivity contribution in [2.24, 2.45) is 0 Å². The number of carbonyl (C=O) groups is 4. The van der Waals surface area contributed by atoms with Crippen molar-refractivity contribution in [2.75, 3.05) is 6.61 Å². The first-order valence-electron chi connectivity index (χ1n) is 10.00. The summed E-state index contributed by atoms with van der Waals surface area (Å²) in [7, 11) is 0. The Labute approximate surface area is 179 Å². The van der Waals surface area contributed by atoms with Crippen molar-refractivity contribution in [3.05, 3.63) is 0 Å². The van der Waals surface area contributed by atoms with E-state index in [1.54, 1.807) is 69.2 Å². The summed E-state index contributed by atoms with van der Waals surface area (Å²) in [5, 5.41) is 0. The molecule has 30 heavy (non-hydrogen) atoms. The summed E-state index contributed by atoms with van der Waals surface area (Å²) in [5.41, 5.74) is -2.75. The highest BCUT2D eigenvalue weighted by molar-refractivity contribution is 5.94. The predicted octanol–water partition coefficient (Wildman–Crippen LogP) is 4.21. The SMILES string of the molecule is CCOC(=O)CCC(C(=O)OC(C)(C)C)N(C(=O)OC(C)(C)C)C(=O)OC(C)(C)C. The van der Waals surface area contributed by atoms with Crippen molar-refractivity contribution < 1.29 is 38.1 Å². The molecule has 0 aromatic rings.